The summed E-state index contributed by atoms with van der Waals surface area (Å²) in [5.41, 5.74) is 0. The van der Waals surface area contributed by atoms with Crippen molar-refractivity contribution in [2.45, 2.75) is 18.9 Å². The van der Waals surface area contributed by atoms with Crippen molar-refractivity contribution < 1.29 is 31.4 Å². The number of carbonyl (C=O) groups is 1. The van der Waals surface area contributed by atoms with Gasteiger partial charge in [0, 0.05) is 12.8 Å². The molecule has 0 radical (unpaired) electrons. The summed E-state index contributed by atoms with van der Waals surface area (Å²) in [7, 11) is 4.12. The molecule has 0 unspecified atom stereocenters. The number of hydrogen-bond acceptors (Lipinski definition) is 2. The van der Waals surface area contributed by atoms with Gasteiger partial charge in [-0.2, -0.15) is 0 Å². The first-order valence-electron chi connectivity index (χ1n) is 3.67. The summed E-state index contributed by atoms with van der Waals surface area (Å²) in [6.07, 6.45) is 1.69. The van der Waals surface area contributed by atoms with Gasteiger partial charge < -0.3 is 26.6 Å². The maximum absolute atomic E-state index is 10.6. The Kier molecular flexibility index (Phi) is 4.68. The van der Waals surface area contributed by atoms with Crippen molar-refractivity contribution in [3.05, 3.63) is 0 Å². The molecule has 0 aromatic rings. The maximum atomic E-state index is 10.6. The smallest absolute Gasteiger partial charge is 0.306 e. The van der Waals surface area contributed by atoms with E-state index in [0.717, 1.165) is 13.0 Å². The average molecular weight is 224 g/mol. The second-order valence-corrected chi connectivity index (χ2v) is 3.06. The molecule has 0 saturated carbocycles. The summed E-state index contributed by atoms with van der Waals surface area (Å²) in [6.45, 7) is 0.936. The highest BCUT2D eigenvalue weighted by molar-refractivity contribution is 5.71. The Morgan fingerprint density at radius 3 is 2.64 bits per heavy atom. The van der Waals surface area contributed by atoms with E-state index in [4.69, 9.17) is 4.74 Å². The van der Waals surface area contributed by atoms with E-state index in [1.165, 1.54) is 4.90 Å². The number of esters is 1. The van der Waals surface area contributed by atoms with E-state index in [9.17, 15) is 4.79 Å². The largest absolute Gasteiger partial charge is 1.00 e. The molecule has 1 rings (SSSR count). The number of quaternary nitrogens is 1. The lowest BCUT2D eigenvalue weighted by Crippen LogP contribution is -3.07. The van der Waals surface area contributed by atoms with Crippen molar-refractivity contribution in [3.8, 4) is 0 Å². The van der Waals surface area contributed by atoms with Gasteiger partial charge in [0.2, 0.25) is 0 Å². The van der Waals surface area contributed by atoms with E-state index in [1.807, 2.05) is 0 Å². The van der Waals surface area contributed by atoms with Gasteiger partial charge >= 0.3 is 5.97 Å². The van der Waals surface area contributed by atoms with Gasteiger partial charge in [-0.3, -0.25) is 4.79 Å². The molecule has 1 aliphatic rings. The van der Waals surface area contributed by atoms with Crippen LogP contribution < -0.4 is 21.9 Å². The Hall–Kier alpha value is -0.0900. The molecule has 0 aromatic carbocycles. The number of halogens is 1. The van der Waals surface area contributed by atoms with Crippen LogP contribution in [0.2, 0.25) is 0 Å². The maximum Gasteiger partial charge on any atom is 0.306 e. The molecule has 11 heavy (non-hydrogen) atoms. The summed E-state index contributed by atoms with van der Waals surface area (Å²) >= 11 is 0. The molecule has 4 heteroatoms. The van der Waals surface area contributed by atoms with Crippen molar-refractivity contribution in [2.24, 2.45) is 0 Å². The van der Waals surface area contributed by atoms with Crippen molar-refractivity contribution in [2.75, 3.05) is 20.6 Å². The Bertz CT molecular complexity index is 138. The van der Waals surface area contributed by atoms with Crippen LogP contribution in [0.5, 0.6) is 0 Å². The topological polar surface area (TPSA) is 30.7 Å². The monoisotopic (exact) mass is 223 g/mol. The Labute approximate surface area is 77.5 Å². The Morgan fingerprint density at radius 1 is 1.64 bits per heavy atom. The van der Waals surface area contributed by atoms with Crippen LogP contribution in [0.1, 0.15) is 12.8 Å². The zero-order valence-corrected chi connectivity index (χ0v) is 8.48. The normalized spacial score (nSPS) is 23.2. The molecule has 1 aliphatic heterocycles. The Balaban J connectivity index is 0.000001000. The van der Waals surface area contributed by atoms with Crippen molar-refractivity contribution >= 4 is 5.97 Å². The standard InChI is InChI=1S/C7H13NO2.BrH/c1-8(2)5-6-3-4-7(9)10-6;/h6H,3-5H2,1-2H3;1H/t6-;/m1./s1. The van der Waals surface area contributed by atoms with E-state index >= 15 is 0 Å². The number of likely N-dealkylation sites (N-methyl/N-ethyl adjacent to an activating group) is 1. The molecule has 66 valence electrons. The molecule has 1 atom stereocenters. The van der Waals surface area contributed by atoms with Crippen LogP contribution in [0.4, 0.5) is 0 Å². The first-order chi connectivity index (χ1) is 4.68. The van der Waals surface area contributed by atoms with Gasteiger partial charge in [-0.1, -0.05) is 0 Å². The summed E-state index contributed by atoms with van der Waals surface area (Å²) < 4.78 is 5.01. The fraction of sp³-hybridized carbons (Fsp3) is 0.857. The highest BCUT2D eigenvalue weighted by Gasteiger charge is 2.24. The van der Waals surface area contributed by atoms with E-state index in [1.54, 1.807) is 0 Å². The van der Waals surface area contributed by atoms with Gasteiger partial charge in [-0.15, -0.1) is 0 Å². The molecule has 1 heterocycles. The van der Waals surface area contributed by atoms with Gasteiger partial charge in [0.1, 0.15) is 6.54 Å². The van der Waals surface area contributed by atoms with Crippen LogP contribution in [0.15, 0.2) is 0 Å². The zero-order chi connectivity index (χ0) is 7.56. The third-order valence-electron chi connectivity index (χ3n) is 1.60. The lowest BCUT2D eigenvalue weighted by molar-refractivity contribution is -0.861. The quantitative estimate of drug-likeness (QED) is 0.483. The molecule has 0 amide bonds. The summed E-state index contributed by atoms with van der Waals surface area (Å²) in [6, 6.07) is 0. The summed E-state index contributed by atoms with van der Waals surface area (Å²) in [5, 5.41) is 0. The van der Waals surface area contributed by atoms with Gasteiger partial charge in [0.05, 0.1) is 14.1 Å². The molecule has 3 nitrogen and oxygen atoms in total. The average Bonchev–Trinajstić information content (AvgIpc) is 2.13. The molecular weight excluding hydrogens is 210 g/mol. The Morgan fingerprint density at radius 2 is 2.27 bits per heavy atom. The molecule has 0 bridgehead atoms. The third kappa shape index (κ3) is 3.72. The highest BCUT2D eigenvalue weighted by atomic mass is 79.9. The molecule has 0 aromatic heterocycles. The number of ether oxygens (including phenoxy) is 1. The minimum atomic E-state index is -0.0359. The lowest BCUT2D eigenvalue weighted by atomic mass is 10.2. The number of nitrogens with one attached hydrogen (secondary N) is 1. The highest BCUT2D eigenvalue weighted by Crippen LogP contribution is 2.11. The first-order valence-corrected chi connectivity index (χ1v) is 3.67. The van der Waals surface area contributed by atoms with Crippen LogP contribution in [0.25, 0.3) is 0 Å². The molecule has 1 N–H and O–H groups in total. The molecule has 1 saturated heterocycles. The summed E-state index contributed by atoms with van der Waals surface area (Å²) in [4.78, 5) is 11.9. The van der Waals surface area contributed by atoms with E-state index in [-0.39, 0.29) is 29.1 Å². The fourth-order valence-electron chi connectivity index (χ4n) is 1.18. The van der Waals surface area contributed by atoms with Crippen LogP contribution in [0, 0.1) is 0 Å². The number of cyclic esters (lactones) is 1. The SMILES string of the molecule is C[NH+](C)C[C@H]1CCC(=O)O1.[Br-]. The number of rotatable bonds is 2. The van der Waals surface area contributed by atoms with Crippen LogP contribution >= 0.6 is 0 Å². The molecule has 0 spiro atoms. The summed E-state index contributed by atoms with van der Waals surface area (Å²) in [5.74, 6) is -0.0359. The fourth-order valence-corrected chi connectivity index (χ4v) is 1.18. The van der Waals surface area contributed by atoms with Crippen molar-refractivity contribution in [1.29, 1.82) is 0 Å². The van der Waals surface area contributed by atoms with Crippen LogP contribution in [-0.4, -0.2) is 32.7 Å². The number of carbonyl (C=O) groups excluding carboxylic acids is 1. The zero-order valence-electron chi connectivity index (χ0n) is 6.89. The molecule has 0 aliphatic carbocycles. The van der Waals surface area contributed by atoms with E-state index < -0.39 is 0 Å². The van der Waals surface area contributed by atoms with Gasteiger partial charge in [-0.25, -0.2) is 0 Å². The molecular formula is C7H14BrNO2. The van der Waals surface area contributed by atoms with Crippen molar-refractivity contribution in [3.63, 3.8) is 0 Å². The lowest BCUT2D eigenvalue weighted by Gasteiger charge is -2.11. The van der Waals surface area contributed by atoms with Crippen LogP contribution in [0.3, 0.4) is 0 Å². The van der Waals surface area contributed by atoms with Gasteiger partial charge in [-0.05, 0) is 0 Å². The van der Waals surface area contributed by atoms with E-state index in [2.05, 4.69) is 14.1 Å². The first kappa shape index (κ1) is 10.9. The second kappa shape index (κ2) is 4.72. The number of hydrogen-bond donors (Lipinski definition) is 1. The van der Waals surface area contributed by atoms with Gasteiger partial charge in [0.25, 0.3) is 0 Å². The second-order valence-electron chi connectivity index (χ2n) is 3.06. The third-order valence-corrected chi connectivity index (χ3v) is 1.60. The minimum Gasteiger partial charge on any atom is -1.00 e. The minimum absolute atomic E-state index is 0. The molecule has 1 fully saturated rings. The van der Waals surface area contributed by atoms with E-state index in [0.29, 0.717) is 6.42 Å². The van der Waals surface area contributed by atoms with Crippen LogP contribution in [-0.2, 0) is 9.53 Å². The van der Waals surface area contributed by atoms with Gasteiger partial charge in [0.15, 0.2) is 6.10 Å². The predicted molar refractivity (Wildman–Crippen MR) is 36.8 cm³/mol. The van der Waals surface area contributed by atoms with Crippen molar-refractivity contribution in [1.82, 2.24) is 0 Å². The predicted octanol–water partition coefficient (Wildman–Crippen LogP) is -4.16.